The van der Waals surface area contributed by atoms with E-state index in [4.69, 9.17) is 14.6 Å². The summed E-state index contributed by atoms with van der Waals surface area (Å²) in [6, 6.07) is 0. The van der Waals surface area contributed by atoms with E-state index in [2.05, 4.69) is 19.1 Å². The molecule has 28 heavy (non-hydrogen) atoms. The van der Waals surface area contributed by atoms with Crippen molar-refractivity contribution in [3.05, 3.63) is 12.2 Å². The summed E-state index contributed by atoms with van der Waals surface area (Å²) in [7, 11) is 0. The molecule has 3 N–H and O–H groups in total. The average molecular weight is 401 g/mol. The van der Waals surface area contributed by atoms with Crippen molar-refractivity contribution in [2.75, 3.05) is 19.8 Å². The number of hydrogen-bond acceptors (Lipinski definition) is 5. The topological polar surface area (TPSA) is 79.2 Å². The van der Waals surface area contributed by atoms with E-state index in [1.165, 1.54) is 70.6 Å². The number of rotatable bonds is 18. The molecule has 0 aromatic heterocycles. The van der Waals surface area contributed by atoms with Crippen LogP contribution in [0.3, 0.4) is 0 Å². The third-order valence-electron chi connectivity index (χ3n) is 5.57. The summed E-state index contributed by atoms with van der Waals surface area (Å²) >= 11 is 0. The third kappa shape index (κ3) is 11.5. The number of aliphatic hydroxyl groups excluding tert-OH is 3. The fourth-order valence-corrected chi connectivity index (χ4v) is 3.74. The molecule has 0 saturated carbocycles. The van der Waals surface area contributed by atoms with E-state index in [-0.39, 0.29) is 6.61 Å². The van der Waals surface area contributed by atoms with Crippen molar-refractivity contribution in [3.8, 4) is 0 Å². The lowest BCUT2D eigenvalue weighted by atomic mass is 10.0. The Morgan fingerprint density at radius 1 is 0.929 bits per heavy atom. The van der Waals surface area contributed by atoms with Gasteiger partial charge in [0.15, 0.2) is 0 Å². The second-order valence-corrected chi connectivity index (χ2v) is 8.05. The molecule has 0 aliphatic carbocycles. The smallest absolute Gasteiger partial charge is 0.114 e. The summed E-state index contributed by atoms with van der Waals surface area (Å²) < 4.78 is 11.0. The Balaban J connectivity index is 1.81. The Morgan fingerprint density at radius 3 is 2.00 bits per heavy atom. The van der Waals surface area contributed by atoms with Crippen molar-refractivity contribution < 1.29 is 24.8 Å². The van der Waals surface area contributed by atoms with Crippen molar-refractivity contribution in [3.63, 3.8) is 0 Å². The molecule has 5 nitrogen and oxygen atoms in total. The van der Waals surface area contributed by atoms with E-state index in [1.807, 2.05) is 0 Å². The maximum atomic E-state index is 10.1. The van der Waals surface area contributed by atoms with Crippen LogP contribution in [-0.2, 0) is 9.47 Å². The minimum Gasteiger partial charge on any atom is -0.394 e. The largest absolute Gasteiger partial charge is 0.394 e. The van der Waals surface area contributed by atoms with Gasteiger partial charge in [-0.1, -0.05) is 76.4 Å². The Kier molecular flexibility index (Phi) is 15.9. The fraction of sp³-hybridized carbons (Fsp3) is 0.913. The van der Waals surface area contributed by atoms with Crippen LogP contribution in [0.25, 0.3) is 0 Å². The molecular formula is C23H44O5. The van der Waals surface area contributed by atoms with Crippen LogP contribution in [0.1, 0.15) is 90.4 Å². The van der Waals surface area contributed by atoms with Crippen LogP contribution in [0.15, 0.2) is 12.2 Å². The van der Waals surface area contributed by atoms with Gasteiger partial charge in [-0.3, -0.25) is 0 Å². The SMILES string of the molecule is C/C=C/CCCCCCCCCCCCCCO[C@H]1CO[C@@H]([C@H](O)CO)[C@H]1O. The number of unbranched alkanes of at least 4 members (excludes halogenated alkanes) is 12. The molecule has 0 aromatic carbocycles. The summed E-state index contributed by atoms with van der Waals surface area (Å²) in [5.41, 5.74) is 0. The van der Waals surface area contributed by atoms with E-state index < -0.39 is 31.0 Å². The molecule has 0 unspecified atom stereocenters. The van der Waals surface area contributed by atoms with Crippen molar-refractivity contribution >= 4 is 0 Å². The van der Waals surface area contributed by atoms with Crippen molar-refractivity contribution in [1.82, 2.24) is 0 Å². The number of aliphatic hydroxyl groups is 3. The molecule has 1 fully saturated rings. The van der Waals surface area contributed by atoms with Gasteiger partial charge < -0.3 is 24.8 Å². The maximum Gasteiger partial charge on any atom is 0.114 e. The first kappa shape index (κ1) is 25.6. The van der Waals surface area contributed by atoms with Gasteiger partial charge in [0, 0.05) is 6.61 Å². The molecule has 5 heteroatoms. The molecule has 1 heterocycles. The number of hydrogen-bond donors (Lipinski definition) is 3. The second kappa shape index (κ2) is 17.4. The maximum absolute atomic E-state index is 10.1. The standard InChI is InChI=1S/C23H44O5/c1-2-3-4-5-6-7-8-9-10-11-12-13-14-15-16-17-27-21-19-28-23(22(21)26)20(25)18-24/h2-3,20-26H,4-19H2,1H3/b3-2+/t20-,21+,22+,23+/m1/s1. The van der Waals surface area contributed by atoms with Crippen LogP contribution in [0.2, 0.25) is 0 Å². The minimum atomic E-state index is -1.05. The van der Waals surface area contributed by atoms with E-state index in [9.17, 15) is 10.2 Å². The normalized spacial score (nSPS) is 23.6. The molecule has 1 rings (SSSR count). The van der Waals surface area contributed by atoms with E-state index in [0.29, 0.717) is 6.61 Å². The van der Waals surface area contributed by atoms with Gasteiger partial charge in [0.1, 0.15) is 24.4 Å². The van der Waals surface area contributed by atoms with Gasteiger partial charge >= 0.3 is 0 Å². The lowest BCUT2D eigenvalue weighted by Crippen LogP contribution is -2.41. The Bertz CT molecular complexity index is 374. The van der Waals surface area contributed by atoms with E-state index in [1.54, 1.807) is 0 Å². The number of ether oxygens (including phenoxy) is 2. The zero-order valence-corrected chi connectivity index (χ0v) is 17.9. The van der Waals surface area contributed by atoms with Crippen LogP contribution in [-0.4, -0.2) is 59.6 Å². The molecule has 1 aliphatic heterocycles. The molecule has 0 radical (unpaired) electrons. The van der Waals surface area contributed by atoms with Gasteiger partial charge in [-0.2, -0.15) is 0 Å². The van der Waals surface area contributed by atoms with Crippen molar-refractivity contribution in [1.29, 1.82) is 0 Å². The van der Waals surface area contributed by atoms with E-state index >= 15 is 0 Å². The summed E-state index contributed by atoms with van der Waals surface area (Å²) in [6.45, 7) is 2.57. The fourth-order valence-electron chi connectivity index (χ4n) is 3.74. The van der Waals surface area contributed by atoms with Crippen LogP contribution >= 0.6 is 0 Å². The highest BCUT2D eigenvalue weighted by atomic mass is 16.6. The molecule has 0 aromatic rings. The van der Waals surface area contributed by atoms with Gasteiger partial charge in [-0.05, 0) is 26.2 Å². The van der Waals surface area contributed by atoms with Crippen molar-refractivity contribution in [2.45, 2.75) is 115 Å². The molecule has 1 aliphatic rings. The summed E-state index contributed by atoms with van der Waals surface area (Å²) in [6.07, 6.45) is 18.2. The van der Waals surface area contributed by atoms with Crippen LogP contribution in [0, 0.1) is 0 Å². The second-order valence-electron chi connectivity index (χ2n) is 8.05. The van der Waals surface area contributed by atoms with Gasteiger partial charge in [0.2, 0.25) is 0 Å². The highest BCUT2D eigenvalue weighted by Gasteiger charge is 2.40. The van der Waals surface area contributed by atoms with Gasteiger partial charge in [-0.15, -0.1) is 0 Å². The Morgan fingerprint density at radius 2 is 1.46 bits per heavy atom. The monoisotopic (exact) mass is 400 g/mol. The summed E-state index contributed by atoms with van der Waals surface area (Å²) in [4.78, 5) is 0. The first-order chi connectivity index (χ1) is 13.7. The third-order valence-corrected chi connectivity index (χ3v) is 5.57. The van der Waals surface area contributed by atoms with Crippen molar-refractivity contribution in [2.24, 2.45) is 0 Å². The lowest BCUT2D eigenvalue weighted by molar-refractivity contribution is -0.0730. The molecule has 0 amide bonds. The summed E-state index contributed by atoms with van der Waals surface area (Å²) in [5, 5.41) is 28.6. The molecule has 4 atom stereocenters. The predicted molar refractivity (Wildman–Crippen MR) is 113 cm³/mol. The molecule has 1 saturated heterocycles. The zero-order chi connectivity index (χ0) is 20.5. The number of allylic oxidation sites excluding steroid dienone is 2. The molecular weight excluding hydrogens is 356 g/mol. The summed E-state index contributed by atoms with van der Waals surface area (Å²) in [5.74, 6) is 0. The predicted octanol–water partition coefficient (Wildman–Crippen LogP) is 4.13. The highest BCUT2D eigenvalue weighted by Crippen LogP contribution is 2.20. The highest BCUT2D eigenvalue weighted by molar-refractivity contribution is 4.88. The Hall–Kier alpha value is -0.460. The first-order valence-corrected chi connectivity index (χ1v) is 11.5. The Labute approximate surface area is 172 Å². The van der Waals surface area contributed by atoms with Gasteiger partial charge in [-0.25, -0.2) is 0 Å². The van der Waals surface area contributed by atoms with Crippen LogP contribution in [0.5, 0.6) is 0 Å². The van der Waals surface area contributed by atoms with Crippen LogP contribution < -0.4 is 0 Å². The molecule has 0 spiro atoms. The van der Waals surface area contributed by atoms with Crippen LogP contribution in [0.4, 0.5) is 0 Å². The molecule has 0 bridgehead atoms. The van der Waals surface area contributed by atoms with Gasteiger partial charge in [0.25, 0.3) is 0 Å². The lowest BCUT2D eigenvalue weighted by Gasteiger charge is -2.20. The molecule has 166 valence electrons. The van der Waals surface area contributed by atoms with Gasteiger partial charge in [0.05, 0.1) is 13.2 Å². The zero-order valence-electron chi connectivity index (χ0n) is 17.9. The quantitative estimate of drug-likeness (QED) is 0.238. The average Bonchev–Trinajstić information content (AvgIpc) is 3.07. The van der Waals surface area contributed by atoms with E-state index in [0.717, 1.165) is 12.8 Å². The first-order valence-electron chi connectivity index (χ1n) is 11.5. The minimum absolute atomic E-state index is 0.276.